The van der Waals surface area contributed by atoms with E-state index in [-0.39, 0.29) is 0 Å². The predicted molar refractivity (Wildman–Crippen MR) is 56.9 cm³/mol. The quantitative estimate of drug-likeness (QED) is 0.665. The maximum Gasteiger partial charge on any atom is 0.0440 e. The summed E-state index contributed by atoms with van der Waals surface area (Å²) < 4.78 is 0. The van der Waals surface area contributed by atoms with Crippen molar-refractivity contribution in [2.45, 2.75) is 25.2 Å². The number of hydrogen-bond acceptors (Lipinski definition) is 0. The van der Waals surface area contributed by atoms with Crippen molar-refractivity contribution in [3.63, 3.8) is 0 Å². The molecule has 0 saturated heterocycles. The molecule has 2 rings (SSSR count). The minimum Gasteiger partial charge on any atom is -0.0840 e. The van der Waals surface area contributed by atoms with Crippen LogP contribution in [0.15, 0.2) is 24.3 Å². The van der Waals surface area contributed by atoms with Crippen LogP contribution in [-0.2, 0) is 0 Å². The Hall–Kier alpha value is -0.490. The van der Waals surface area contributed by atoms with Crippen molar-refractivity contribution in [1.82, 2.24) is 0 Å². The van der Waals surface area contributed by atoms with Crippen molar-refractivity contribution in [3.8, 4) is 0 Å². The Bertz CT molecular complexity index is 291. The lowest BCUT2D eigenvalue weighted by Crippen LogP contribution is -2.23. The van der Waals surface area contributed by atoms with E-state index in [1.807, 2.05) is 12.1 Å². The summed E-state index contributed by atoms with van der Waals surface area (Å²) in [5, 5.41) is 0.922. The Kier molecular flexibility index (Phi) is 2.59. The van der Waals surface area contributed by atoms with Gasteiger partial charge in [0.2, 0.25) is 0 Å². The average molecular weight is 194 g/mol. The molecule has 69 valence electrons. The summed E-state index contributed by atoms with van der Waals surface area (Å²) in [5.41, 5.74) is 1.32. The van der Waals surface area contributed by atoms with Gasteiger partial charge in [-0.1, -0.05) is 36.7 Å². The molecule has 2 atom stereocenters. The largest absolute Gasteiger partial charge is 0.0840 e. The fraction of sp³-hybridized carbons (Fsp3) is 0.417. The average Bonchev–Trinajstić information content (AvgIpc) is 2.08. The fourth-order valence-electron chi connectivity index (χ4n) is 2.10. The lowest BCUT2D eigenvalue weighted by Gasteiger charge is -2.36. The summed E-state index contributed by atoms with van der Waals surface area (Å²) in [6.45, 7) is 3.97. The minimum atomic E-state index is 0.672. The highest BCUT2D eigenvalue weighted by Gasteiger charge is 2.31. The highest BCUT2D eigenvalue weighted by molar-refractivity contribution is 6.31. The summed E-state index contributed by atoms with van der Waals surface area (Å²) in [6.07, 6.45) is 3.64. The van der Waals surface area contributed by atoms with Gasteiger partial charge in [0, 0.05) is 5.02 Å². The molecule has 1 radical (unpaired) electrons. The SMILES string of the molecule is [CH2]CC1CCC1c1ccccc1Cl. The zero-order valence-electron chi connectivity index (χ0n) is 7.67. The molecule has 1 aromatic carbocycles. The van der Waals surface area contributed by atoms with Gasteiger partial charge in [0.05, 0.1) is 0 Å². The zero-order chi connectivity index (χ0) is 9.26. The second kappa shape index (κ2) is 3.71. The molecule has 0 spiro atoms. The van der Waals surface area contributed by atoms with E-state index in [0.717, 1.165) is 17.4 Å². The van der Waals surface area contributed by atoms with Crippen molar-refractivity contribution < 1.29 is 0 Å². The van der Waals surface area contributed by atoms with Crippen LogP contribution in [0, 0.1) is 12.8 Å². The number of halogens is 1. The van der Waals surface area contributed by atoms with Crippen LogP contribution in [0.25, 0.3) is 0 Å². The van der Waals surface area contributed by atoms with E-state index in [0.29, 0.717) is 5.92 Å². The van der Waals surface area contributed by atoms with Crippen molar-refractivity contribution in [3.05, 3.63) is 41.8 Å². The molecular formula is C12H14Cl. The van der Waals surface area contributed by atoms with Crippen LogP contribution in [0.5, 0.6) is 0 Å². The number of benzene rings is 1. The maximum atomic E-state index is 6.13. The summed E-state index contributed by atoms with van der Waals surface area (Å²) in [6, 6.07) is 8.19. The highest BCUT2D eigenvalue weighted by Crippen LogP contribution is 2.46. The van der Waals surface area contributed by atoms with Gasteiger partial charge in [-0.25, -0.2) is 0 Å². The Labute approximate surface area is 84.9 Å². The molecule has 0 nitrogen and oxygen atoms in total. The van der Waals surface area contributed by atoms with Crippen molar-refractivity contribution in [1.29, 1.82) is 0 Å². The van der Waals surface area contributed by atoms with E-state index in [2.05, 4.69) is 19.1 Å². The van der Waals surface area contributed by atoms with Crippen molar-refractivity contribution in [2.24, 2.45) is 5.92 Å². The second-order valence-electron chi connectivity index (χ2n) is 3.75. The van der Waals surface area contributed by atoms with Gasteiger partial charge in [0.25, 0.3) is 0 Å². The molecule has 1 saturated carbocycles. The third-order valence-electron chi connectivity index (χ3n) is 3.09. The molecule has 0 aliphatic heterocycles. The van der Waals surface area contributed by atoms with E-state index in [9.17, 15) is 0 Å². The lowest BCUT2D eigenvalue weighted by molar-refractivity contribution is 0.257. The minimum absolute atomic E-state index is 0.672. The van der Waals surface area contributed by atoms with Crippen molar-refractivity contribution >= 4 is 11.6 Å². The molecule has 1 aliphatic rings. The first-order valence-electron chi connectivity index (χ1n) is 4.86. The van der Waals surface area contributed by atoms with E-state index in [1.54, 1.807) is 0 Å². The monoisotopic (exact) mass is 193 g/mol. The Balaban J connectivity index is 2.21. The topological polar surface area (TPSA) is 0 Å². The first-order valence-corrected chi connectivity index (χ1v) is 5.24. The van der Waals surface area contributed by atoms with Gasteiger partial charge in [-0.05, 0) is 42.7 Å². The molecule has 0 bridgehead atoms. The number of hydrogen-bond donors (Lipinski definition) is 0. The molecule has 13 heavy (non-hydrogen) atoms. The third-order valence-corrected chi connectivity index (χ3v) is 3.44. The van der Waals surface area contributed by atoms with Crippen molar-refractivity contribution in [2.75, 3.05) is 0 Å². The van der Waals surface area contributed by atoms with E-state index < -0.39 is 0 Å². The van der Waals surface area contributed by atoms with E-state index in [1.165, 1.54) is 18.4 Å². The summed E-state index contributed by atoms with van der Waals surface area (Å²) >= 11 is 6.13. The lowest BCUT2D eigenvalue weighted by atomic mass is 9.69. The van der Waals surface area contributed by atoms with Crippen LogP contribution in [0.4, 0.5) is 0 Å². The first kappa shape index (κ1) is 9.08. The Morgan fingerprint density at radius 3 is 2.62 bits per heavy atom. The smallest absolute Gasteiger partial charge is 0.0440 e. The highest BCUT2D eigenvalue weighted by atomic mass is 35.5. The maximum absolute atomic E-state index is 6.13. The molecular weight excluding hydrogens is 180 g/mol. The van der Waals surface area contributed by atoms with Gasteiger partial charge in [0.1, 0.15) is 0 Å². The van der Waals surface area contributed by atoms with Crippen LogP contribution < -0.4 is 0 Å². The second-order valence-corrected chi connectivity index (χ2v) is 4.16. The molecule has 0 N–H and O–H groups in total. The van der Waals surface area contributed by atoms with Gasteiger partial charge in [-0.15, -0.1) is 0 Å². The Morgan fingerprint density at radius 1 is 1.31 bits per heavy atom. The summed E-state index contributed by atoms with van der Waals surface area (Å²) in [5.74, 6) is 1.44. The standard InChI is InChI=1S/C12H14Cl/c1-2-9-7-8-10(9)11-5-3-4-6-12(11)13/h3-6,9-10H,1-2,7-8H2. The molecule has 0 aromatic heterocycles. The van der Waals surface area contributed by atoms with Gasteiger partial charge in [0.15, 0.2) is 0 Å². The van der Waals surface area contributed by atoms with Gasteiger partial charge in [-0.2, -0.15) is 0 Å². The summed E-state index contributed by atoms with van der Waals surface area (Å²) in [4.78, 5) is 0. The van der Waals surface area contributed by atoms with E-state index in [4.69, 9.17) is 11.6 Å². The van der Waals surface area contributed by atoms with Gasteiger partial charge >= 0.3 is 0 Å². The molecule has 1 aromatic rings. The van der Waals surface area contributed by atoms with Gasteiger partial charge < -0.3 is 0 Å². The predicted octanol–water partition coefficient (Wildman–Crippen LogP) is 4.06. The van der Waals surface area contributed by atoms with Crippen LogP contribution >= 0.6 is 11.6 Å². The van der Waals surface area contributed by atoms with Crippen LogP contribution in [0.2, 0.25) is 5.02 Å². The van der Waals surface area contributed by atoms with Gasteiger partial charge in [-0.3, -0.25) is 0 Å². The molecule has 1 aliphatic carbocycles. The molecule has 0 heterocycles. The van der Waals surface area contributed by atoms with Crippen LogP contribution in [0.3, 0.4) is 0 Å². The zero-order valence-corrected chi connectivity index (χ0v) is 8.43. The summed E-state index contributed by atoms with van der Waals surface area (Å²) in [7, 11) is 0. The molecule has 2 unspecified atom stereocenters. The number of rotatable bonds is 2. The molecule has 1 fully saturated rings. The third kappa shape index (κ3) is 1.60. The fourth-order valence-corrected chi connectivity index (χ4v) is 2.38. The Morgan fingerprint density at radius 2 is 2.08 bits per heavy atom. The molecule has 1 heteroatoms. The normalized spacial score (nSPS) is 26.9. The van der Waals surface area contributed by atoms with E-state index >= 15 is 0 Å². The molecule has 0 amide bonds. The first-order chi connectivity index (χ1) is 6.33. The van der Waals surface area contributed by atoms with Crippen LogP contribution in [-0.4, -0.2) is 0 Å². The van der Waals surface area contributed by atoms with Crippen LogP contribution in [0.1, 0.15) is 30.7 Å².